The highest BCUT2D eigenvalue weighted by Crippen LogP contribution is 2.60. The van der Waals surface area contributed by atoms with E-state index in [1.54, 1.807) is 0 Å². The van der Waals surface area contributed by atoms with Gasteiger partial charge in [0.05, 0.1) is 6.07 Å². The van der Waals surface area contributed by atoms with Crippen molar-refractivity contribution in [2.75, 3.05) is 0 Å². The van der Waals surface area contributed by atoms with E-state index in [1.807, 2.05) is 0 Å². The number of nitrogens with zero attached hydrogens (tertiary/aromatic N) is 1. The molecule has 1 nitrogen and oxygen atoms in total. The van der Waals surface area contributed by atoms with Crippen LogP contribution in [-0.4, -0.2) is 0 Å². The van der Waals surface area contributed by atoms with Gasteiger partial charge in [-0.2, -0.15) is 5.26 Å². The maximum absolute atomic E-state index is 8.10. The molecule has 1 unspecified atom stereocenters. The third-order valence-corrected chi connectivity index (χ3v) is 1.42. The monoisotopic (exact) mass is 77.0 g/mol. The van der Waals surface area contributed by atoms with Crippen molar-refractivity contribution >= 4 is 0 Å². The molecule has 1 fully saturated rings. The minimum Gasteiger partial charge on any atom is -0.193 e. The zero-order chi connectivity index (χ0) is 4.15. The molecule has 0 N–H and O–H groups in total. The van der Waals surface area contributed by atoms with Gasteiger partial charge in [-0.1, -0.05) is 0 Å². The lowest BCUT2D eigenvalue weighted by Crippen LogP contribution is -1.61. The molecule has 2 rings (SSSR count). The van der Waals surface area contributed by atoms with Crippen LogP contribution in [0.15, 0.2) is 11.1 Å². The molecule has 6 heavy (non-hydrogen) atoms. The molecule has 0 aliphatic heterocycles. The summed E-state index contributed by atoms with van der Waals surface area (Å²) < 4.78 is 0. The van der Waals surface area contributed by atoms with Crippen LogP contribution < -0.4 is 0 Å². The molecular weight excluding hydrogens is 74.1 g/mol. The standard InChI is InChI=1S/C5H3N/c6-2-5-3-1-4(3)5/h3H,1H2. The van der Waals surface area contributed by atoms with Gasteiger partial charge in [0.25, 0.3) is 0 Å². The van der Waals surface area contributed by atoms with E-state index in [0.29, 0.717) is 5.92 Å². The Bertz CT molecular complexity index is 171. The van der Waals surface area contributed by atoms with Crippen LogP contribution in [0.2, 0.25) is 0 Å². The molecule has 0 heterocycles. The predicted octanol–water partition coefficient (Wildman–Crippen LogP) is 0.840. The fourth-order valence-corrected chi connectivity index (χ4v) is 0.712. The first kappa shape index (κ1) is 2.41. The van der Waals surface area contributed by atoms with Crippen LogP contribution in [0, 0.1) is 17.2 Å². The van der Waals surface area contributed by atoms with Gasteiger partial charge in [0.15, 0.2) is 0 Å². The fraction of sp³-hybridized carbons (Fsp3) is 0.400. The summed E-state index contributed by atoms with van der Waals surface area (Å²) in [5, 5.41) is 8.10. The highest BCUT2D eigenvalue weighted by molar-refractivity contribution is 5.62. The molecular formula is C5H3N. The van der Waals surface area contributed by atoms with Crippen LogP contribution in [0.5, 0.6) is 0 Å². The lowest BCUT2D eigenvalue weighted by atomic mass is 10.3. The Hall–Kier alpha value is -0.770. The van der Waals surface area contributed by atoms with E-state index in [9.17, 15) is 0 Å². The number of rotatable bonds is 0. The summed E-state index contributed by atoms with van der Waals surface area (Å²) in [6.07, 6.45) is 1.24. The summed E-state index contributed by atoms with van der Waals surface area (Å²) >= 11 is 0. The lowest BCUT2D eigenvalue weighted by molar-refractivity contribution is 1.15. The van der Waals surface area contributed by atoms with Crippen molar-refractivity contribution in [1.82, 2.24) is 0 Å². The summed E-state index contributed by atoms with van der Waals surface area (Å²) in [4.78, 5) is 0. The topological polar surface area (TPSA) is 23.8 Å². The Morgan fingerprint density at radius 1 is 1.83 bits per heavy atom. The van der Waals surface area contributed by atoms with E-state index in [4.69, 9.17) is 5.26 Å². The van der Waals surface area contributed by atoms with E-state index >= 15 is 0 Å². The highest BCUT2D eigenvalue weighted by atomic mass is 14.5. The predicted molar refractivity (Wildman–Crippen MR) is 20.7 cm³/mol. The molecule has 0 aromatic heterocycles. The van der Waals surface area contributed by atoms with E-state index in [2.05, 4.69) is 6.07 Å². The molecule has 0 saturated heterocycles. The van der Waals surface area contributed by atoms with Crippen molar-refractivity contribution in [1.29, 1.82) is 5.26 Å². The van der Waals surface area contributed by atoms with Crippen LogP contribution in [0.1, 0.15) is 6.42 Å². The lowest BCUT2D eigenvalue weighted by Gasteiger charge is -1.67. The molecule has 0 bridgehead atoms. The number of allylic oxidation sites excluding steroid dienone is 2. The van der Waals surface area contributed by atoms with Crippen LogP contribution in [0.4, 0.5) is 0 Å². The van der Waals surface area contributed by atoms with Gasteiger partial charge in [0.2, 0.25) is 0 Å². The van der Waals surface area contributed by atoms with Crippen molar-refractivity contribution in [2.45, 2.75) is 6.42 Å². The molecule has 0 amide bonds. The van der Waals surface area contributed by atoms with Crippen LogP contribution in [-0.2, 0) is 0 Å². The molecule has 1 atom stereocenters. The normalized spacial score (nSPS) is 34.8. The summed E-state index contributed by atoms with van der Waals surface area (Å²) in [5.74, 6) is 0.704. The van der Waals surface area contributed by atoms with Crippen molar-refractivity contribution in [3.8, 4) is 6.07 Å². The Morgan fingerprint density at radius 2 is 2.50 bits per heavy atom. The minimum absolute atomic E-state index is 0.704. The third kappa shape index (κ3) is 0.0918. The maximum Gasteiger partial charge on any atom is 0.0953 e. The Balaban J connectivity index is 2.43. The largest absolute Gasteiger partial charge is 0.193 e. The number of fused-ring (bicyclic) bond motifs is 1. The summed E-state index contributed by atoms with van der Waals surface area (Å²) in [5.41, 5.74) is 2.51. The van der Waals surface area contributed by atoms with Crippen LogP contribution in [0.3, 0.4) is 0 Å². The molecule has 28 valence electrons. The van der Waals surface area contributed by atoms with Gasteiger partial charge in [-0.3, -0.25) is 0 Å². The second kappa shape index (κ2) is 0.422. The first-order chi connectivity index (χ1) is 2.93. The second-order valence-corrected chi connectivity index (χ2v) is 1.81. The van der Waals surface area contributed by atoms with E-state index in [-0.39, 0.29) is 0 Å². The van der Waals surface area contributed by atoms with Gasteiger partial charge in [-0.15, -0.1) is 0 Å². The van der Waals surface area contributed by atoms with Gasteiger partial charge in [-0.05, 0) is 12.0 Å². The van der Waals surface area contributed by atoms with Crippen LogP contribution in [0.25, 0.3) is 0 Å². The second-order valence-electron chi connectivity index (χ2n) is 1.81. The zero-order valence-corrected chi connectivity index (χ0v) is 3.23. The number of hydrogen-bond donors (Lipinski definition) is 0. The number of hydrogen-bond acceptors (Lipinski definition) is 1. The van der Waals surface area contributed by atoms with Crippen molar-refractivity contribution in [3.05, 3.63) is 11.1 Å². The van der Waals surface area contributed by atoms with Gasteiger partial charge in [0, 0.05) is 11.5 Å². The quantitative estimate of drug-likeness (QED) is 0.420. The van der Waals surface area contributed by atoms with Gasteiger partial charge >= 0.3 is 0 Å². The van der Waals surface area contributed by atoms with Crippen LogP contribution >= 0.6 is 0 Å². The maximum atomic E-state index is 8.10. The van der Waals surface area contributed by atoms with Crippen molar-refractivity contribution in [2.24, 2.45) is 5.92 Å². The molecule has 1 heteroatoms. The van der Waals surface area contributed by atoms with Crippen molar-refractivity contribution < 1.29 is 0 Å². The summed E-state index contributed by atoms with van der Waals surface area (Å²) in [7, 11) is 0. The number of nitriles is 1. The SMILES string of the molecule is N#CC1=C2CC12. The van der Waals surface area contributed by atoms with E-state index in [1.165, 1.54) is 12.0 Å². The Labute approximate surface area is 35.9 Å². The molecule has 0 aromatic carbocycles. The third-order valence-electron chi connectivity index (χ3n) is 1.42. The zero-order valence-electron chi connectivity index (χ0n) is 3.23. The van der Waals surface area contributed by atoms with Gasteiger partial charge < -0.3 is 0 Å². The molecule has 2 aliphatic carbocycles. The average molecular weight is 77.1 g/mol. The fourth-order valence-electron chi connectivity index (χ4n) is 0.712. The van der Waals surface area contributed by atoms with Gasteiger partial charge in [-0.25, -0.2) is 0 Å². The molecule has 0 radical (unpaired) electrons. The average Bonchev–Trinajstić information content (AvgIpc) is 2.12. The first-order valence-electron chi connectivity index (χ1n) is 2.06. The summed E-state index contributed by atoms with van der Waals surface area (Å²) in [6.45, 7) is 0. The highest BCUT2D eigenvalue weighted by Gasteiger charge is 2.51. The van der Waals surface area contributed by atoms with Crippen molar-refractivity contribution in [3.63, 3.8) is 0 Å². The molecule has 0 aromatic rings. The van der Waals surface area contributed by atoms with E-state index in [0.717, 1.165) is 5.57 Å². The smallest absolute Gasteiger partial charge is 0.0953 e. The summed E-state index contributed by atoms with van der Waals surface area (Å²) in [6, 6.07) is 2.12. The Morgan fingerprint density at radius 3 is 2.50 bits per heavy atom. The van der Waals surface area contributed by atoms with E-state index < -0.39 is 0 Å². The Kier molecular flexibility index (Phi) is 0.169. The molecule has 2 aliphatic rings. The molecule has 1 saturated carbocycles. The minimum atomic E-state index is 0.704. The first-order valence-corrected chi connectivity index (χ1v) is 2.06. The molecule has 0 spiro atoms. The van der Waals surface area contributed by atoms with Gasteiger partial charge in [0.1, 0.15) is 0 Å².